The van der Waals surface area contributed by atoms with Crippen molar-refractivity contribution in [2.75, 3.05) is 0 Å². The van der Waals surface area contributed by atoms with Gasteiger partial charge in [-0.1, -0.05) is 310 Å². The van der Waals surface area contributed by atoms with Crippen LogP contribution in [0.5, 0.6) is 0 Å². The van der Waals surface area contributed by atoms with Crippen LogP contribution in [0.4, 0.5) is 0 Å². The fourth-order valence-corrected chi connectivity index (χ4v) is 30.5. The first-order valence-corrected chi connectivity index (χ1v) is 58.4. The van der Waals surface area contributed by atoms with Gasteiger partial charge in [0.25, 0.3) is 0 Å². The van der Waals surface area contributed by atoms with Crippen molar-refractivity contribution in [2.24, 2.45) is 166 Å². The molecule has 0 aliphatic heterocycles. The Labute approximate surface area is 684 Å². The van der Waals surface area contributed by atoms with Gasteiger partial charge in [-0.2, -0.15) is 0 Å². The molecule has 6 saturated carbocycles. The van der Waals surface area contributed by atoms with Crippen molar-refractivity contribution in [3.8, 4) is 0 Å². The third-order valence-corrected chi connectivity index (χ3v) is 33.0. The zero-order valence-electron chi connectivity index (χ0n) is 61.8. The van der Waals surface area contributed by atoms with E-state index in [9.17, 15) is 0 Å². The molecule has 544 valence electrons. The number of rotatable bonds is 11. The molecule has 6 fully saturated rings. The van der Waals surface area contributed by atoms with E-state index >= 15 is 0 Å². The molecule has 10 heteroatoms. The zero-order valence-corrected chi connectivity index (χ0v) is 74.7. The van der Waals surface area contributed by atoms with Crippen LogP contribution in [0, 0.1) is 210 Å². The summed E-state index contributed by atoms with van der Waals surface area (Å²) in [5, 5.41) is 0. The number of hydrogen-bond donors (Lipinski definition) is 0. The first kappa shape index (κ1) is 88.3. The second kappa shape index (κ2) is 42.5. The van der Waals surface area contributed by atoms with E-state index in [4.69, 9.17) is 51.1 Å². The SMILES string of the molecule is C1=CC2C3C=CC=CC3C(CCC3C4C=CC=CC4C4C=CC=CC43)C2C=C1.C1=CC2C3C=CC=CC3C(CCC3C4C=CC=CC4C4C=CC=CC43)C2C=C1.C=CCC[Si](C)(C1C2C=CC=CC2C2C=CC=CC21)C1C2C=CC=CC2C2C=CC=CC21.[CH3-].[CH3-].[CH3-].[CH3-].[CH3-].[CH3-].[Cl][Zr+2][Cl].[Cl][Zr+2][Cl].[Cl][Zr+2][Cl]. The van der Waals surface area contributed by atoms with Crippen molar-refractivity contribution in [1.29, 1.82) is 0 Å². The molecule has 0 nitrogen and oxygen atoms in total. The number of halogens is 6. The number of allylic oxidation sites excluding steroid dienone is 49. The van der Waals surface area contributed by atoms with E-state index in [-0.39, 0.29) is 44.6 Å². The molecular weight excluding hydrogens is 1630 g/mol. The fraction of sp³-hybridized carbons (Fsp3) is 0.398. The van der Waals surface area contributed by atoms with E-state index < -0.39 is 70.6 Å². The van der Waals surface area contributed by atoms with Crippen LogP contribution in [0.1, 0.15) is 32.1 Å². The van der Waals surface area contributed by atoms with E-state index in [1.165, 1.54) is 31.7 Å². The van der Waals surface area contributed by atoms with Crippen molar-refractivity contribution >= 4 is 59.2 Å². The Balaban J connectivity index is 0.000000199. The van der Waals surface area contributed by atoms with Gasteiger partial charge in [-0.3, -0.25) is 0 Å². The van der Waals surface area contributed by atoms with Gasteiger partial charge in [0, 0.05) is 0 Å². The van der Waals surface area contributed by atoms with E-state index in [1.807, 2.05) is 0 Å². The summed E-state index contributed by atoms with van der Waals surface area (Å²) in [5.41, 5.74) is 1.59. The Morgan fingerprint density at radius 3 is 0.485 bits per heavy atom. The normalized spacial score (nSPS) is 41.0. The average molecular weight is 1750 g/mol. The van der Waals surface area contributed by atoms with E-state index in [0.29, 0.717) is 94.7 Å². The Hall–Kier alpha value is -1.89. The van der Waals surface area contributed by atoms with Crippen LogP contribution in [0.2, 0.25) is 23.7 Å². The van der Waals surface area contributed by atoms with Crippen LogP contribution in [0.25, 0.3) is 0 Å². The maximum absolute atomic E-state index is 4.93. The van der Waals surface area contributed by atoms with Gasteiger partial charge < -0.3 is 44.6 Å². The third kappa shape index (κ3) is 18.4. The molecule has 0 aromatic carbocycles. The standard InChI is InChI=1S/C31H36Si.2C28H30.6CH3.6ClH.3Zr/c1-3-4-21-32(2,30-26-17-9-5-13-22(26)23-14-6-10-18-27(23)30)31-28-19-11-7-15-24(28)25-16-8-12-20-29(25)31;2*1-5-13-23-19(9-1)20-10-2-6-14-24(20)27(23)17-18-28-25-15-7-3-11-21(25)22-12-4-8-16-26(22)28;;;;;;;;;;;;;;;/h3,5-20,22-31H,1,4,21H2,2H3;2*1-16,19-28H,17-18H2;6*1H3;6*1H;;;/q;;;6*-1;;;;;;;3*+4/p-6. The van der Waals surface area contributed by atoms with Crippen LogP contribution >= 0.6 is 51.1 Å². The Morgan fingerprint density at radius 1 is 0.233 bits per heavy atom. The van der Waals surface area contributed by atoms with Crippen molar-refractivity contribution in [3.63, 3.8) is 0 Å². The molecule has 0 saturated heterocycles. The predicted molar refractivity (Wildman–Crippen MR) is 448 cm³/mol. The van der Waals surface area contributed by atoms with Crippen molar-refractivity contribution < 1.29 is 62.5 Å². The molecule has 0 amide bonds. The first-order valence-electron chi connectivity index (χ1n) is 36.5. The molecule has 0 heterocycles. The van der Waals surface area contributed by atoms with Crippen LogP contribution < -0.4 is 0 Å². The molecule has 18 aliphatic rings. The van der Waals surface area contributed by atoms with Crippen molar-refractivity contribution in [1.82, 2.24) is 0 Å². The minimum absolute atomic E-state index is 0. The van der Waals surface area contributed by atoms with Crippen molar-refractivity contribution in [2.45, 2.75) is 55.8 Å². The molecular formula is C93H114Cl6SiZr3. The molecule has 0 spiro atoms. The summed E-state index contributed by atoms with van der Waals surface area (Å²) in [6.45, 7) is 6.97. The fourth-order valence-electron chi connectivity index (χ4n) is 23.8. The molecule has 0 N–H and O–H groups in total. The van der Waals surface area contributed by atoms with Crippen LogP contribution in [-0.4, -0.2) is 8.07 Å². The predicted octanol–water partition coefficient (Wildman–Crippen LogP) is 27.6. The van der Waals surface area contributed by atoms with Gasteiger partial charge in [-0.15, -0.1) is 6.58 Å². The van der Waals surface area contributed by atoms with E-state index in [1.54, 1.807) is 0 Å². The number of fused-ring (bicyclic) bond motifs is 18. The molecule has 24 unspecified atom stereocenters. The zero-order chi connectivity index (χ0) is 66.8. The molecule has 18 aliphatic carbocycles. The van der Waals surface area contributed by atoms with Crippen LogP contribution in [-0.2, 0) is 62.5 Å². The van der Waals surface area contributed by atoms with Gasteiger partial charge >= 0.3 is 114 Å². The molecule has 0 aromatic heterocycles. The first-order chi connectivity index (χ1) is 47.8. The van der Waals surface area contributed by atoms with E-state index in [2.05, 4.69) is 311 Å². The Bertz CT molecular complexity index is 2960. The van der Waals surface area contributed by atoms with Gasteiger partial charge in [0.2, 0.25) is 0 Å². The van der Waals surface area contributed by atoms with Gasteiger partial charge in [-0.25, -0.2) is 0 Å². The summed E-state index contributed by atoms with van der Waals surface area (Å²) < 4.78 is 0. The molecule has 103 heavy (non-hydrogen) atoms. The van der Waals surface area contributed by atoms with Crippen LogP contribution in [0.15, 0.2) is 304 Å². The second-order valence-corrected chi connectivity index (χ2v) is 46.5. The quantitative estimate of drug-likeness (QED) is 0.110. The summed E-state index contributed by atoms with van der Waals surface area (Å²) in [6, 6.07) is 1.37. The monoisotopic (exact) mass is 1740 g/mol. The molecule has 18 rings (SSSR count). The Kier molecular flexibility index (Phi) is 36.4. The third-order valence-electron chi connectivity index (χ3n) is 27.0. The minimum atomic E-state index is -1.75. The summed E-state index contributed by atoms with van der Waals surface area (Å²) in [6.07, 6.45) is 124. The summed E-state index contributed by atoms with van der Waals surface area (Å²) in [7, 11) is 27.9. The number of hydrogen-bond acceptors (Lipinski definition) is 0. The van der Waals surface area contributed by atoms with Gasteiger partial charge in [0.1, 0.15) is 0 Å². The molecule has 0 bridgehead atoms. The van der Waals surface area contributed by atoms with Crippen molar-refractivity contribution in [3.05, 3.63) is 349 Å². The molecule has 24 atom stereocenters. The summed E-state index contributed by atoms with van der Waals surface area (Å²) in [4.78, 5) is 0. The van der Waals surface area contributed by atoms with Gasteiger partial charge in [-0.05, 0) is 209 Å². The Morgan fingerprint density at radius 2 is 0.350 bits per heavy atom. The summed E-state index contributed by atoms with van der Waals surface area (Å²) in [5.74, 6) is 20.1. The topological polar surface area (TPSA) is 0 Å². The second-order valence-electron chi connectivity index (χ2n) is 30.5. The van der Waals surface area contributed by atoms with E-state index in [0.717, 1.165) is 88.5 Å². The average Bonchev–Trinajstić information content (AvgIpc) is 1.56. The van der Waals surface area contributed by atoms with Crippen LogP contribution in [0.3, 0.4) is 0 Å². The van der Waals surface area contributed by atoms with Gasteiger partial charge in [0.15, 0.2) is 0 Å². The summed E-state index contributed by atoms with van der Waals surface area (Å²) >= 11 is -2.48. The molecule has 0 radical (unpaired) electrons. The maximum atomic E-state index is 4.93. The van der Waals surface area contributed by atoms with Gasteiger partial charge in [0.05, 0.1) is 8.07 Å². The molecule has 0 aromatic rings.